The lowest BCUT2D eigenvalue weighted by Crippen LogP contribution is -2.36. The maximum absolute atomic E-state index is 12.4. The Hall–Kier alpha value is -2.21. The number of amides is 1. The molecule has 1 aromatic carbocycles. The van der Waals surface area contributed by atoms with Crippen LogP contribution in [0.15, 0.2) is 36.7 Å². The van der Waals surface area contributed by atoms with Crippen LogP contribution in [0.3, 0.4) is 0 Å². The zero-order chi connectivity index (χ0) is 14.4. The lowest BCUT2D eigenvalue weighted by atomic mass is 10.2. The van der Waals surface area contributed by atoms with Crippen LogP contribution in [0.25, 0.3) is 0 Å². The van der Waals surface area contributed by atoms with E-state index in [4.69, 9.17) is 0 Å². The first-order valence-corrected chi connectivity index (χ1v) is 6.50. The molecule has 0 aliphatic carbocycles. The van der Waals surface area contributed by atoms with Gasteiger partial charge in [-0.3, -0.25) is 9.89 Å². The highest BCUT2D eigenvalue weighted by molar-refractivity contribution is 5.90. The van der Waals surface area contributed by atoms with Crippen LogP contribution in [0.5, 0.6) is 0 Å². The van der Waals surface area contributed by atoms with Gasteiger partial charge in [-0.15, -0.1) is 0 Å². The van der Waals surface area contributed by atoms with Crippen molar-refractivity contribution in [2.45, 2.75) is 6.54 Å². The van der Waals surface area contributed by atoms with Crippen LogP contribution in [-0.2, 0) is 6.54 Å². The van der Waals surface area contributed by atoms with Crippen molar-refractivity contribution in [2.75, 3.05) is 27.2 Å². The number of benzene rings is 1. The second kappa shape index (κ2) is 6.81. The molecule has 0 spiro atoms. The number of aromatic nitrogens is 3. The fraction of sp³-hybridized carbons (Fsp3) is 0.357. The van der Waals surface area contributed by atoms with Crippen LogP contribution in [0.2, 0.25) is 0 Å². The minimum atomic E-state index is -0.131. The summed E-state index contributed by atoms with van der Waals surface area (Å²) in [6, 6.07) is 9.93. The monoisotopic (exact) mass is 273 g/mol. The molecule has 1 aromatic heterocycles. The minimum absolute atomic E-state index is 0.131. The number of carbonyl (C=O) groups excluding carboxylic acids is 1. The number of carbonyl (C=O) groups is 1. The van der Waals surface area contributed by atoms with E-state index in [2.05, 4.69) is 15.2 Å². The van der Waals surface area contributed by atoms with Gasteiger partial charge in [0.1, 0.15) is 6.33 Å². The second-order valence-corrected chi connectivity index (χ2v) is 4.85. The Balaban J connectivity index is 2.10. The lowest BCUT2D eigenvalue weighted by molar-refractivity contribution is 0.0720. The van der Waals surface area contributed by atoms with Crippen molar-refractivity contribution in [1.29, 1.82) is 0 Å². The predicted octanol–water partition coefficient (Wildman–Crippen LogP) is 1.01. The summed E-state index contributed by atoms with van der Waals surface area (Å²) in [5.74, 6) is 0.146. The highest BCUT2D eigenvalue weighted by Crippen LogP contribution is 2.07. The molecule has 6 nitrogen and oxygen atoms in total. The maximum Gasteiger partial charge on any atom is 0.291 e. The zero-order valence-electron chi connectivity index (χ0n) is 11.8. The molecule has 0 fully saturated rings. The molecule has 0 atom stereocenters. The van der Waals surface area contributed by atoms with E-state index in [-0.39, 0.29) is 11.7 Å². The van der Waals surface area contributed by atoms with Gasteiger partial charge in [0.15, 0.2) is 0 Å². The Morgan fingerprint density at radius 3 is 2.55 bits per heavy atom. The Morgan fingerprint density at radius 1 is 1.20 bits per heavy atom. The SMILES string of the molecule is CN(C)CCN(Cc1ccccc1)C(=O)c1ncn[nH]1. The fourth-order valence-corrected chi connectivity index (χ4v) is 1.84. The largest absolute Gasteiger partial charge is 0.330 e. The third-order valence-corrected chi connectivity index (χ3v) is 2.94. The van der Waals surface area contributed by atoms with Gasteiger partial charge in [0, 0.05) is 19.6 Å². The third-order valence-electron chi connectivity index (χ3n) is 2.94. The van der Waals surface area contributed by atoms with E-state index in [1.807, 2.05) is 49.3 Å². The summed E-state index contributed by atoms with van der Waals surface area (Å²) >= 11 is 0. The Labute approximate surface area is 118 Å². The molecule has 0 radical (unpaired) electrons. The van der Waals surface area contributed by atoms with Gasteiger partial charge in [-0.25, -0.2) is 4.98 Å². The third kappa shape index (κ3) is 3.89. The molecule has 1 amide bonds. The molecule has 0 aliphatic rings. The van der Waals surface area contributed by atoms with Crippen molar-refractivity contribution in [3.8, 4) is 0 Å². The standard InChI is InChI=1S/C14H19N5O/c1-18(2)8-9-19(10-12-6-4-3-5-7-12)14(20)13-15-11-16-17-13/h3-7,11H,8-10H2,1-2H3,(H,15,16,17). The summed E-state index contributed by atoms with van der Waals surface area (Å²) in [7, 11) is 3.97. The van der Waals surface area contributed by atoms with E-state index in [0.29, 0.717) is 13.1 Å². The van der Waals surface area contributed by atoms with E-state index in [1.165, 1.54) is 6.33 Å². The first-order chi connectivity index (χ1) is 9.66. The number of hydrogen-bond donors (Lipinski definition) is 1. The number of rotatable bonds is 6. The topological polar surface area (TPSA) is 65.1 Å². The molecule has 0 aliphatic heterocycles. The van der Waals surface area contributed by atoms with Gasteiger partial charge in [-0.05, 0) is 19.7 Å². The van der Waals surface area contributed by atoms with Crippen molar-refractivity contribution in [3.63, 3.8) is 0 Å². The van der Waals surface area contributed by atoms with Gasteiger partial charge in [0.25, 0.3) is 5.91 Å². The minimum Gasteiger partial charge on any atom is -0.330 e. The van der Waals surface area contributed by atoms with E-state index in [1.54, 1.807) is 4.90 Å². The van der Waals surface area contributed by atoms with Crippen molar-refractivity contribution >= 4 is 5.91 Å². The summed E-state index contributed by atoms with van der Waals surface area (Å²) < 4.78 is 0. The van der Waals surface area contributed by atoms with Gasteiger partial charge < -0.3 is 9.80 Å². The van der Waals surface area contributed by atoms with Crippen LogP contribution in [-0.4, -0.2) is 58.1 Å². The van der Waals surface area contributed by atoms with Gasteiger partial charge in [-0.1, -0.05) is 30.3 Å². The summed E-state index contributed by atoms with van der Waals surface area (Å²) in [5, 5.41) is 6.36. The van der Waals surface area contributed by atoms with Crippen molar-refractivity contribution in [2.24, 2.45) is 0 Å². The zero-order valence-corrected chi connectivity index (χ0v) is 11.8. The molecule has 20 heavy (non-hydrogen) atoms. The molecule has 0 saturated carbocycles. The molecule has 0 bridgehead atoms. The quantitative estimate of drug-likeness (QED) is 0.853. The highest BCUT2D eigenvalue weighted by Gasteiger charge is 2.18. The van der Waals surface area contributed by atoms with Gasteiger partial charge in [0.2, 0.25) is 5.82 Å². The van der Waals surface area contributed by atoms with Crippen molar-refractivity contribution in [1.82, 2.24) is 25.0 Å². The van der Waals surface area contributed by atoms with Crippen LogP contribution >= 0.6 is 0 Å². The molecular formula is C14H19N5O. The molecule has 1 heterocycles. The van der Waals surface area contributed by atoms with Crippen LogP contribution in [0, 0.1) is 0 Å². The molecule has 6 heteroatoms. The molecule has 106 valence electrons. The van der Waals surface area contributed by atoms with Crippen molar-refractivity contribution in [3.05, 3.63) is 48.0 Å². The van der Waals surface area contributed by atoms with Crippen molar-refractivity contribution < 1.29 is 4.79 Å². The number of nitrogens with one attached hydrogen (secondary N) is 1. The number of H-pyrrole nitrogens is 1. The second-order valence-electron chi connectivity index (χ2n) is 4.85. The summed E-state index contributed by atoms with van der Waals surface area (Å²) in [4.78, 5) is 20.2. The lowest BCUT2D eigenvalue weighted by Gasteiger charge is -2.23. The summed E-state index contributed by atoms with van der Waals surface area (Å²) in [6.45, 7) is 2.00. The predicted molar refractivity (Wildman–Crippen MR) is 76.1 cm³/mol. The Morgan fingerprint density at radius 2 is 1.95 bits per heavy atom. The van der Waals surface area contributed by atoms with E-state index in [0.717, 1.165) is 12.1 Å². The summed E-state index contributed by atoms with van der Waals surface area (Å²) in [6.07, 6.45) is 1.35. The molecular weight excluding hydrogens is 254 g/mol. The van der Waals surface area contributed by atoms with Gasteiger partial charge >= 0.3 is 0 Å². The summed E-state index contributed by atoms with van der Waals surface area (Å²) in [5.41, 5.74) is 1.10. The first kappa shape index (κ1) is 14.2. The molecule has 1 N–H and O–H groups in total. The van der Waals surface area contributed by atoms with E-state index < -0.39 is 0 Å². The normalized spacial score (nSPS) is 10.8. The number of nitrogens with zero attached hydrogens (tertiary/aromatic N) is 4. The number of likely N-dealkylation sites (N-methyl/N-ethyl adjacent to an activating group) is 1. The molecule has 0 saturated heterocycles. The van der Waals surface area contributed by atoms with E-state index >= 15 is 0 Å². The molecule has 0 unspecified atom stereocenters. The Bertz CT molecular complexity index is 524. The van der Waals surface area contributed by atoms with Crippen LogP contribution in [0.1, 0.15) is 16.2 Å². The highest BCUT2D eigenvalue weighted by atomic mass is 16.2. The average Bonchev–Trinajstić information content (AvgIpc) is 2.97. The fourth-order valence-electron chi connectivity index (χ4n) is 1.84. The van der Waals surface area contributed by atoms with Gasteiger partial charge in [-0.2, -0.15) is 5.10 Å². The van der Waals surface area contributed by atoms with Gasteiger partial charge in [0.05, 0.1) is 0 Å². The number of hydrogen-bond acceptors (Lipinski definition) is 4. The van der Waals surface area contributed by atoms with Crippen LogP contribution in [0.4, 0.5) is 0 Å². The maximum atomic E-state index is 12.4. The average molecular weight is 273 g/mol. The number of aromatic amines is 1. The van der Waals surface area contributed by atoms with E-state index in [9.17, 15) is 4.79 Å². The Kier molecular flexibility index (Phi) is 4.84. The smallest absolute Gasteiger partial charge is 0.291 e. The molecule has 2 aromatic rings. The first-order valence-electron chi connectivity index (χ1n) is 6.50. The molecule has 2 rings (SSSR count). The van der Waals surface area contributed by atoms with Crippen LogP contribution < -0.4 is 0 Å².